The van der Waals surface area contributed by atoms with Gasteiger partial charge < -0.3 is 5.73 Å². The van der Waals surface area contributed by atoms with Crippen molar-refractivity contribution in [3.05, 3.63) is 47.3 Å². The molecule has 0 aromatic carbocycles. The third-order valence-corrected chi connectivity index (χ3v) is 4.54. The Balaban J connectivity index is 1.74. The van der Waals surface area contributed by atoms with Gasteiger partial charge in [-0.3, -0.25) is 10.4 Å². The lowest BCUT2D eigenvalue weighted by Crippen LogP contribution is -2.40. The molecule has 0 bridgehead atoms. The van der Waals surface area contributed by atoms with Crippen molar-refractivity contribution in [2.75, 3.05) is 5.73 Å². The average molecular weight is 311 g/mol. The summed E-state index contributed by atoms with van der Waals surface area (Å²) in [6, 6.07) is 3.95. The van der Waals surface area contributed by atoms with Gasteiger partial charge in [-0.25, -0.2) is 5.43 Å². The van der Waals surface area contributed by atoms with Gasteiger partial charge in [0.2, 0.25) is 0 Å². The van der Waals surface area contributed by atoms with Gasteiger partial charge in [0.05, 0.1) is 17.1 Å². The molecule has 0 spiro atoms. The topological polar surface area (TPSA) is 63.0 Å². The minimum Gasteiger partial charge on any atom is -0.399 e. The first kappa shape index (κ1) is 13.9. The first-order valence-electron chi connectivity index (χ1n) is 6.55. The number of nitrogen functional groups attached to an aromatic ring is 1. The highest BCUT2D eigenvalue weighted by molar-refractivity contribution is 6.31. The highest BCUT2D eigenvalue weighted by Gasteiger charge is 2.37. The molecule has 3 rings (SSSR count). The van der Waals surface area contributed by atoms with Gasteiger partial charge in [-0.2, -0.15) is 0 Å². The van der Waals surface area contributed by atoms with Crippen LogP contribution in [0.2, 0.25) is 0 Å². The average Bonchev–Trinajstić information content (AvgIpc) is 2.88. The summed E-state index contributed by atoms with van der Waals surface area (Å²) in [6.07, 6.45) is 8.35. The van der Waals surface area contributed by atoms with Gasteiger partial charge in [-0.1, -0.05) is 23.8 Å². The maximum absolute atomic E-state index is 6.36. The van der Waals surface area contributed by atoms with Crippen molar-refractivity contribution in [1.82, 2.24) is 15.8 Å². The van der Waals surface area contributed by atoms with Gasteiger partial charge >= 0.3 is 0 Å². The Morgan fingerprint density at radius 2 is 2.20 bits per heavy atom. The lowest BCUT2D eigenvalue weighted by Gasteiger charge is -2.27. The molecule has 2 heterocycles. The van der Waals surface area contributed by atoms with Crippen LogP contribution in [0, 0.1) is 5.92 Å². The summed E-state index contributed by atoms with van der Waals surface area (Å²) in [5.41, 5.74) is 14.0. The van der Waals surface area contributed by atoms with Crippen molar-refractivity contribution in [1.29, 1.82) is 0 Å². The van der Waals surface area contributed by atoms with Crippen molar-refractivity contribution in [3.8, 4) is 0 Å². The van der Waals surface area contributed by atoms with Gasteiger partial charge in [0.25, 0.3) is 0 Å². The van der Waals surface area contributed by atoms with Gasteiger partial charge in [0.1, 0.15) is 0 Å². The number of hydrogen-bond acceptors (Lipinski definition) is 4. The lowest BCUT2D eigenvalue weighted by atomic mass is 9.89. The molecule has 20 heavy (non-hydrogen) atoms. The van der Waals surface area contributed by atoms with Crippen LogP contribution >= 0.6 is 23.2 Å². The highest BCUT2D eigenvalue weighted by Crippen LogP contribution is 2.36. The fourth-order valence-corrected chi connectivity index (χ4v) is 3.54. The van der Waals surface area contributed by atoms with Crippen molar-refractivity contribution in [2.45, 2.75) is 23.9 Å². The van der Waals surface area contributed by atoms with Crippen molar-refractivity contribution in [3.63, 3.8) is 0 Å². The standard InChI is InChI=1S/C14H16Cl2N4/c15-9-2-1-3-10(16)14(9)13-7-12(19-20-13)11-6-8(17)4-5-18-11/h1-6,9,12-14,19-20H,7H2,(H2,17,18). The molecule has 4 atom stereocenters. The van der Waals surface area contributed by atoms with E-state index in [4.69, 9.17) is 28.9 Å². The van der Waals surface area contributed by atoms with E-state index in [0.29, 0.717) is 5.69 Å². The maximum Gasteiger partial charge on any atom is 0.0651 e. The third kappa shape index (κ3) is 2.69. The van der Waals surface area contributed by atoms with Crippen LogP contribution in [0.3, 0.4) is 0 Å². The van der Waals surface area contributed by atoms with Crippen LogP contribution < -0.4 is 16.6 Å². The number of nitrogens with one attached hydrogen (secondary N) is 2. The van der Waals surface area contributed by atoms with E-state index in [1.165, 1.54) is 0 Å². The van der Waals surface area contributed by atoms with E-state index in [2.05, 4.69) is 15.8 Å². The fourth-order valence-electron chi connectivity index (χ4n) is 2.72. The molecule has 1 aromatic rings. The second-order valence-electron chi connectivity index (χ2n) is 5.10. The fraction of sp³-hybridized carbons (Fsp3) is 0.357. The Bertz CT molecular complexity index is 558. The summed E-state index contributed by atoms with van der Waals surface area (Å²) < 4.78 is 0. The zero-order valence-electron chi connectivity index (χ0n) is 10.8. The molecule has 0 amide bonds. The van der Waals surface area contributed by atoms with Gasteiger partial charge in [0.15, 0.2) is 0 Å². The predicted octanol–water partition coefficient (Wildman–Crippen LogP) is 2.49. The highest BCUT2D eigenvalue weighted by atomic mass is 35.5. The molecular weight excluding hydrogens is 295 g/mol. The summed E-state index contributed by atoms with van der Waals surface area (Å²) in [5.74, 6) is 0.0712. The number of hydrazine groups is 1. The van der Waals surface area contributed by atoms with E-state index in [-0.39, 0.29) is 23.4 Å². The molecule has 1 saturated heterocycles. The largest absolute Gasteiger partial charge is 0.399 e. The number of anilines is 1. The summed E-state index contributed by atoms with van der Waals surface area (Å²) in [7, 11) is 0. The molecule has 4 N–H and O–H groups in total. The number of alkyl halides is 1. The first-order chi connectivity index (χ1) is 9.65. The molecule has 106 valence electrons. The van der Waals surface area contributed by atoms with Crippen LogP contribution in [0.4, 0.5) is 5.69 Å². The zero-order valence-corrected chi connectivity index (χ0v) is 12.3. The summed E-state index contributed by atoms with van der Waals surface area (Å²) in [4.78, 5) is 4.36. The Morgan fingerprint density at radius 3 is 2.95 bits per heavy atom. The van der Waals surface area contributed by atoms with Crippen molar-refractivity contribution >= 4 is 28.9 Å². The maximum atomic E-state index is 6.36. The zero-order chi connectivity index (χ0) is 14.1. The number of nitrogens with two attached hydrogens (primary N) is 1. The van der Waals surface area contributed by atoms with E-state index < -0.39 is 0 Å². The Labute approximate surface area is 128 Å². The number of aromatic nitrogens is 1. The number of nitrogens with zero attached hydrogens (tertiary/aromatic N) is 1. The van der Waals surface area contributed by atoms with Crippen LogP contribution in [0.25, 0.3) is 0 Å². The van der Waals surface area contributed by atoms with Crippen LogP contribution in [0.5, 0.6) is 0 Å². The van der Waals surface area contributed by atoms with Crippen LogP contribution in [0.1, 0.15) is 18.2 Å². The van der Waals surface area contributed by atoms with E-state index in [1.54, 1.807) is 12.3 Å². The van der Waals surface area contributed by atoms with Gasteiger partial charge in [0, 0.05) is 28.9 Å². The number of rotatable bonds is 2. The quantitative estimate of drug-likeness (QED) is 0.734. The molecule has 4 unspecified atom stereocenters. The summed E-state index contributed by atoms with van der Waals surface area (Å²) >= 11 is 12.7. The van der Waals surface area contributed by atoms with E-state index in [1.807, 2.05) is 24.3 Å². The second kappa shape index (κ2) is 5.74. The lowest BCUT2D eigenvalue weighted by molar-refractivity contribution is 0.437. The summed E-state index contributed by atoms with van der Waals surface area (Å²) in [6.45, 7) is 0. The van der Waals surface area contributed by atoms with Gasteiger partial charge in [-0.15, -0.1) is 11.6 Å². The molecule has 1 fully saturated rings. The van der Waals surface area contributed by atoms with Crippen LogP contribution in [-0.4, -0.2) is 16.4 Å². The molecule has 2 aliphatic rings. The SMILES string of the molecule is Nc1ccnc(C2CC(C3C(Cl)=CC=CC3Cl)NN2)c1. The van der Waals surface area contributed by atoms with Crippen molar-refractivity contribution < 1.29 is 0 Å². The molecule has 0 radical (unpaired) electrons. The molecule has 1 aliphatic carbocycles. The smallest absolute Gasteiger partial charge is 0.0651 e. The van der Waals surface area contributed by atoms with Crippen LogP contribution in [-0.2, 0) is 0 Å². The number of halogens is 2. The van der Waals surface area contributed by atoms with Crippen molar-refractivity contribution in [2.24, 2.45) is 5.92 Å². The molecule has 4 nitrogen and oxygen atoms in total. The summed E-state index contributed by atoms with van der Waals surface area (Å²) in [5, 5.41) is 0.687. The number of pyridine rings is 1. The molecule has 1 aliphatic heterocycles. The Hall–Kier alpha value is -1.07. The second-order valence-corrected chi connectivity index (χ2v) is 6.04. The van der Waals surface area contributed by atoms with Gasteiger partial charge in [-0.05, 0) is 24.6 Å². The minimum atomic E-state index is -0.0978. The predicted molar refractivity (Wildman–Crippen MR) is 82.3 cm³/mol. The van der Waals surface area contributed by atoms with Crippen LogP contribution in [0.15, 0.2) is 41.6 Å². The van der Waals surface area contributed by atoms with E-state index >= 15 is 0 Å². The normalized spacial score (nSPS) is 33.2. The minimum absolute atomic E-state index is 0.0712. The molecule has 6 heteroatoms. The monoisotopic (exact) mass is 310 g/mol. The molecule has 1 aromatic heterocycles. The van der Waals surface area contributed by atoms with E-state index in [0.717, 1.165) is 17.1 Å². The Kier molecular flexibility index (Phi) is 3.98. The molecular formula is C14H16Cl2N4. The molecule has 0 saturated carbocycles. The number of hydrogen-bond donors (Lipinski definition) is 3. The number of allylic oxidation sites excluding steroid dienone is 3. The Morgan fingerprint density at radius 1 is 1.35 bits per heavy atom. The van der Waals surface area contributed by atoms with E-state index in [9.17, 15) is 0 Å². The first-order valence-corrected chi connectivity index (χ1v) is 7.37. The third-order valence-electron chi connectivity index (χ3n) is 3.74.